The molecule has 23 heavy (non-hydrogen) atoms. The molecular weight excluding hydrogens is 292 g/mol. The molecule has 0 fully saturated rings. The standard InChI is InChI=1S/C17H24N4O2/c1-11(2)7-8-18-15(22)6-5-13-9-14-10-19-21(12(3)4)16(14)20-17(13)23/h5-6,9-12H,7-8H2,1-4H3,(H,18,22)(H,20,23)/b6-5+. The Bertz CT molecular complexity index is 768. The van der Waals surface area contributed by atoms with Crippen molar-refractivity contribution in [1.29, 1.82) is 0 Å². The topological polar surface area (TPSA) is 79.8 Å². The van der Waals surface area contributed by atoms with Crippen LogP contribution in [0.2, 0.25) is 0 Å². The van der Waals surface area contributed by atoms with Gasteiger partial charge in [-0.3, -0.25) is 9.59 Å². The minimum Gasteiger partial charge on any atom is -0.353 e. The zero-order valence-corrected chi connectivity index (χ0v) is 14.1. The quantitative estimate of drug-likeness (QED) is 0.804. The second kappa shape index (κ2) is 7.26. The van der Waals surface area contributed by atoms with Crippen LogP contribution in [-0.2, 0) is 4.79 Å². The number of carbonyl (C=O) groups is 1. The van der Waals surface area contributed by atoms with Crippen LogP contribution >= 0.6 is 0 Å². The number of nitrogens with one attached hydrogen (secondary N) is 2. The van der Waals surface area contributed by atoms with Crippen LogP contribution in [0.15, 0.2) is 23.1 Å². The molecule has 0 radical (unpaired) electrons. The highest BCUT2D eigenvalue weighted by Gasteiger charge is 2.08. The number of nitrogens with zero attached hydrogens (tertiary/aromatic N) is 2. The summed E-state index contributed by atoms with van der Waals surface area (Å²) >= 11 is 0. The SMILES string of the molecule is CC(C)CCNC(=O)/C=C/c1cc2cnn(C(C)C)c2[nH]c1=O. The van der Waals surface area contributed by atoms with Crippen LogP contribution in [0.1, 0.15) is 45.7 Å². The first kappa shape index (κ1) is 17.0. The number of aromatic amines is 1. The van der Waals surface area contributed by atoms with Gasteiger partial charge in [0, 0.05) is 29.6 Å². The molecule has 0 saturated heterocycles. The van der Waals surface area contributed by atoms with Crippen molar-refractivity contribution in [3.63, 3.8) is 0 Å². The minimum absolute atomic E-state index is 0.163. The van der Waals surface area contributed by atoms with Gasteiger partial charge in [-0.15, -0.1) is 0 Å². The zero-order chi connectivity index (χ0) is 17.0. The summed E-state index contributed by atoms with van der Waals surface area (Å²) in [7, 11) is 0. The smallest absolute Gasteiger partial charge is 0.256 e. The van der Waals surface area contributed by atoms with Crippen molar-refractivity contribution in [3.8, 4) is 0 Å². The molecule has 2 aromatic rings. The van der Waals surface area contributed by atoms with E-state index in [1.54, 1.807) is 16.9 Å². The second-order valence-electron chi connectivity index (χ2n) is 6.35. The van der Waals surface area contributed by atoms with Crippen LogP contribution in [0, 0.1) is 5.92 Å². The first-order chi connectivity index (χ1) is 10.9. The van der Waals surface area contributed by atoms with E-state index in [1.165, 1.54) is 12.2 Å². The van der Waals surface area contributed by atoms with Gasteiger partial charge in [-0.1, -0.05) is 13.8 Å². The summed E-state index contributed by atoms with van der Waals surface area (Å²) in [6.45, 7) is 8.85. The van der Waals surface area contributed by atoms with Gasteiger partial charge in [-0.25, -0.2) is 4.68 Å². The molecule has 2 rings (SSSR count). The molecule has 0 aliphatic heterocycles. The third-order valence-electron chi connectivity index (χ3n) is 3.55. The Morgan fingerprint density at radius 2 is 2.13 bits per heavy atom. The van der Waals surface area contributed by atoms with Gasteiger partial charge in [0.2, 0.25) is 5.91 Å². The van der Waals surface area contributed by atoms with Crippen molar-refractivity contribution in [2.24, 2.45) is 5.92 Å². The number of amides is 1. The van der Waals surface area contributed by atoms with Crippen LogP contribution in [0.3, 0.4) is 0 Å². The van der Waals surface area contributed by atoms with Crippen LogP contribution in [-0.4, -0.2) is 27.2 Å². The maximum Gasteiger partial charge on any atom is 0.256 e. The molecule has 6 nitrogen and oxygen atoms in total. The monoisotopic (exact) mass is 316 g/mol. The first-order valence-electron chi connectivity index (χ1n) is 7.95. The highest BCUT2D eigenvalue weighted by Crippen LogP contribution is 2.15. The van der Waals surface area contributed by atoms with Crippen LogP contribution < -0.4 is 10.9 Å². The Hall–Kier alpha value is -2.37. The van der Waals surface area contributed by atoms with Crippen LogP contribution in [0.4, 0.5) is 0 Å². The molecule has 0 atom stereocenters. The van der Waals surface area contributed by atoms with Gasteiger partial charge in [0.15, 0.2) is 0 Å². The van der Waals surface area contributed by atoms with E-state index in [0.717, 1.165) is 11.8 Å². The Kier molecular flexibility index (Phi) is 5.36. The number of aromatic nitrogens is 3. The largest absolute Gasteiger partial charge is 0.353 e. The number of hydrogen-bond donors (Lipinski definition) is 2. The van der Waals surface area contributed by atoms with Gasteiger partial charge < -0.3 is 10.3 Å². The highest BCUT2D eigenvalue weighted by molar-refractivity contribution is 5.92. The van der Waals surface area contributed by atoms with E-state index in [4.69, 9.17) is 0 Å². The third kappa shape index (κ3) is 4.31. The average Bonchev–Trinajstić information content (AvgIpc) is 2.87. The maximum absolute atomic E-state index is 12.1. The molecule has 2 aromatic heterocycles. The molecule has 0 aliphatic carbocycles. The van der Waals surface area contributed by atoms with Gasteiger partial charge in [-0.05, 0) is 38.3 Å². The third-order valence-corrected chi connectivity index (χ3v) is 3.55. The molecule has 2 heterocycles. The van der Waals surface area contributed by atoms with Crippen molar-refractivity contribution in [2.75, 3.05) is 6.54 Å². The summed E-state index contributed by atoms with van der Waals surface area (Å²) in [5.41, 5.74) is 0.912. The van der Waals surface area contributed by atoms with Crippen molar-refractivity contribution >= 4 is 23.0 Å². The van der Waals surface area contributed by atoms with E-state index in [2.05, 4.69) is 29.2 Å². The fourth-order valence-corrected chi connectivity index (χ4v) is 2.25. The first-order valence-corrected chi connectivity index (χ1v) is 7.95. The Morgan fingerprint density at radius 1 is 1.39 bits per heavy atom. The Balaban J connectivity index is 2.14. The van der Waals surface area contributed by atoms with Gasteiger partial charge in [0.1, 0.15) is 5.65 Å². The van der Waals surface area contributed by atoms with Crippen molar-refractivity contribution in [1.82, 2.24) is 20.1 Å². The average molecular weight is 316 g/mol. The highest BCUT2D eigenvalue weighted by atomic mass is 16.1. The summed E-state index contributed by atoms with van der Waals surface area (Å²) in [6.07, 6.45) is 5.57. The fourth-order valence-electron chi connectivity index (χ4n) is 2.25. The molecule has 0 unspecified atom stereocenters. The van der Waals surface area contributed by atoms with Gasteiger partial charge in [0.05, 0.1) is 6.20 Å². The lowest BCUT2D eigenvalue weighted by Gasteiger charge is -2.06. The maximum atomic E-state index is 12.1. The summed E-state index contributed by atoms with van der Waals surface area (Å²) < 4.78 is 1.77. The number of hydrogen-bond acceptors (Lipinski definition) is 3. The van der Waals surface area contributed by atoms with Crippen LogP contribution in [0.25, 0.3) is 17.1 Å². The second-order valence-corrected chi connectivity index (χ2v) is 6.35. The van der Waals surface area contributed by atoms with Crippen molar-refractivity contribution in [3.05, 3.63) is 34.3 Å². The Labute approximate surface area is 135 Å². The van der Waals surface area contributed by atoms with Gasteiger partial charge in [-0.2, -0.15) is 5.10 Å². The molecule has 0 bridgehead atoms. The molecule has 0 spiro atoms. The number of H-pyrrole nitrogens is 1. The lowest BCUT2D eigenvalue weighted by Crippen LogP contribution is -2.23. The summed E-state index contributed by atoms with van der Waals surface area (Å²) in [5, 5.41) is 7.92. The normalized spacial score (nSPS) is 11.9. The van der Waals surface area contributed by atoms with E-state index >= 15 is 0 Å². The summed E-state index contributed by atoms with van der Waals surface area (Å²) in [4.78, 5) is 26.7. The van der Waals surface area contributed by atoms with E-state index in [-0.39, 0.29) is 17.5 Å². The number of pyridine rings is 1. The van der Waals surface area contributed by atoms with Crippen molar-refractivity contribution < 1.29 is 4.79 Å². The van der Waals surface area contributed by atoms with E-state index in [9.17, 15) is 9.59 Å². The predicted molar refractivity (Wildman–Crippen MR) is 92.2 cm³/mol. The molecule has 0 aliphatic rings. The molecule has 0 saturated carbocycles. The molecule has 0 aromatic carbocycles. The molecule has 1 amide bonds. The number of fused-ring (bicyclic) bond motifs is 1. The lowest BCUT2D eigenvalue weighted by atomic mass is 10.1. The van der Waals surface area contributed by atoms with Gasteiger partial charge in [0.25, 0.3) is 5.56 Å². The van der Waals surface area contributed by atoms with Crippen LogP contribution in [0.5, 0.6) is 0 Å². The van der Waals surface area contributed by atoms with E-state index in [1.807, 2.05) is 13.8 Å². The molecule has 124 valence electrons. The summed E-state index contributed by atoms with van der Waals surface area (Å²) in [5.74, 6) is 0.352. The number of carbonyl (C=O) groups excluding carboxylic acids is 1. The predicted octanol–water partition coefficient (Wildman–Crippen LogP) is 2.48. The minimum atomic E-state index is -0.230. The van der Waals surface area contributed by atoms with Crippen molar-refractivity contribution in [2.45, 2.75) is 40.2 Å². The number of rotatable bonds is 6. The molecular formula is C17H24N4O2. The van der Waals surface area contributed by atoms with E-state index < -0.39 is 0 Å². The fraction of sp³-hybridized carbons (Fsp3) is 0.471. The zero-order valence-electron chi connectivity index (χ0n) is 14.1. The Morgan fingerprint density at radius 3 is 2.78 bits per heavy atom. The van der Waals surface area contributed by atoms with Gasteiger partial charge >= 0.3 is 0 Å². The van der Waals surface area contributed by atoms with E-state index in [0.29, 0.717) is 23.7 Å². The lowest BCUT2D eigenvalue weighted by molar-refractivity contribution is -0.116. The molecule has 6 heteroatoms. The molecule has 2 N–H and O–H groups in total. The summed E-state index contributed by atoms with van der Waals surface area (Å²) in [6, 6.07) is 1.91.